The van der Waals surface area contributed by atoms with Crippen LogP contribution in [-0.4, -0.2) is 27.2 Å². The topological polar surface area (TPSA) is 98.3 Å². The largest absolute Gasteiger partial charge is 0.771 e. The van der Waals surface area contributed by atoms with Gasteiger partial charge in [0.25, 0.3) is 0 Å². The van der Waals surface area contributed by atoms with Crippen molar-refractivity contribution in [2.45, 2.75) is 49.7 Å². The van der Waals surface area contributed by atoms with E-state index in [0.717, 1.165) is 25.7 Å². The molecule has 0 radical (unpaired) electrons. The first-order valence-electron chi connectivity index (χ1n) is 8.83. The van der Waals surface area contributed by atoms with Gasteiger partial charge < -0.3 is 9.87 Å². The van der Waals surface area contributed by atoms with Crippen molar-refractivity contribution < 1.29 is 18.4 Å². The zero-order valence-electron chi connectivity index (χ0n) is 14.7. The molecule has 26 heavy (non-hydrogen) atoms. The summed E-state index contributed by atoms with van der Waals surface area (Å²) in [5.41, 5.74) is 1.09. The molecule has 0 spiro atoms. The number of halogens is 1. The number of hydrogen-bond donors (Lipinski definition) is 2. The highest BCUT2D eigenvalue weighted by atomic mass is 35.5. The quantitative estimate of drug-likeness (QED) is 0.542. The van der Waals surface area contributed by atoms with E-state index in [4.69, 9.17) is 11.6 Å². The zero-order valence-corrected chi connectivity index (χ0v) is 16.3. The molecule has 1 saturated carbocycles. The van der Waals surface area contributed by atoms with Gasteiger partial charge in [-0.1, -0.05) is 49.9 Å². The first kappa shape index (κ1) is 20.9. The number of carbonyl (C=O) groups excluding carboxylic acids is 2. The van der Waals surface area contributed by atoms with E-state index in [1.807, 2.05) is 0 Å². The number of hydrogen-bond acceptors (Lipinski definition) is 4. The third-order valence-electron chi connectivity index (χ3n) is 4.68. The Hall–Kier alpha value is -1.44. The van der Waals surface area contributed by atoms with Crippen LogP contribution in [0.4, 0.5) is 4.79 Å². The summed E-state index contributed by atoms with van der Waals surface area (Å²) in [6, 6.07) is 6.20. The third kappa shape index (κ3) is 5.79. The van der Waals surface area contributed by atoms with Gasteiger partial charge in [-0.25, -0.2) is 4.79 Å². The molecule has 2 N–H and O–H groups in total. The number of nitrogens with one attached hydrogen (secondary N) is 2. The molecular formula is C18H24ClN2O4S-. The molecule has 1 fully saturated rings. The van der Waals surface area contributed by atoms with Crippen molar-refractivity contribution in [1.82, 2.24) is 10.6 Å². The summed E-state index contributed by atoms with van der Waals surface area (Å²) in [5, 5.41) is 4.93. The molecule has 1 aliphatic rings. The summed E-state index contributed by atoms with van der Waals surface area (Å²) in [6.07, 6.45) is 5.05. The lowest BCUT2D eigenvalue weighted by Gasteiger charge is -2.22. The first-order valence-corrected chi connectivity index (χ1v) is 10.4. The van der Waals surface area contributed by atoms with Crippen molar-refractivity contribution in [3.8, 4) is 0 Å². The number of imide groups is 1. The zero-order chi connectivity index (χ0) is 19.1. The van der Waals surface area contributed by atoms with Gasteiger partial charge in [-0.3, -0.25) is 14.3 Å². The number of urea groups is 1. The second kappa shape index (κ2) is 10.0. The van der Waals surface area contributed by atoms with Crippen molar-refractivity contribution >= 4 is 34.6 Å². The predicted molar refractivity (Wildman–Crippen MR) is 100 cm³/mol. The average Bonchev–Trinajstić information content (AvgIpc) is 3.12. The molecule has 144 valence electrons. The maximum atomic E-state index is 12.7. The molecule has 8 heteroatoms. The first-order chi connectivity index (χ1) is 12.4. The molecule has 2 rings (SSSR count). The van der Waals surface area contributed by atoms with Crippen LogP contribution in [0.2, 0.25) is 0 Å². The second-order valence-electron chi connectivity index (χ2n) is 6.53. The van der Waals surface area contributed by atoms with Crippen molar-refractivity contribution in [3.05, 3.63) is 35.4 Å². The summed E-state index contributed by atoms with van der Waals surface area (Å²) in [7, 11) is 0. The molecule has 0 saturated heterocycles. The lowest BCUT2D eigenvalue weighted by Crippen LogP contribution is -2.42. The Morgan fingerprint density at radius 3 is 2.58 bits per heavy atom. The molecule has 0 aliphatic heterocycles. The Morgan fingerprint density at radius 1 is 1.31 bits per heavy atom. The fourth-order valence-electron chi connectivity index (χ4n) is 3.41. The summed E-state index contributed by atoms with van der Waals surface area (Å²) >= 11 is 3.46. The number of rotatable bonds is 7. The Morgan fingerprint density at radius 2 is 1.96 bits per heavy atom. The van der Waals surface area contributed by atoms with Gasteiger partial charge in [-0.2, -0.15) is 0 Å². The van der Waals surface area contributed by atoms with Crippen LogP contribution in [-0.2, 0) is 15.9 Å². The third-order valence-corrected chi connectivity index (χ3v) is 5.98. The molecule has 3 unspecified atom stereocenters. The van der Waals surface area contributed by atoms with E-state index in [-0.39, 0.29) is 5.91 Å². The minimum atomic E-state index is -2.46. The predicted octanol–water partition coefficient (Wildman–Crippen LogP) is 3.31. The van der Waals surface area contributed by atoms with Gasteiger partial charge in [0.1, 0.15) is 4.71 Å². The Kier molecular flexibility index (Phi) is 8.06. The molecule has 1 aromatic rings. The number of amides is 3. The highest BCUT2D eigenvalue weighted by Crippen LogP contribution is 2.35. The van der Waals surface area contributed by atoms with Crippen LogP contribution in [0.5, 0.6) is 0 Å². The van der Waals surface area contributed by atoms with Crippen LogP contribution in [0.3, 0.4) is 0 Å². The van der Waals surface area contributed by atoms with E-state index in [1.54, 1.807) is 31.2 Å². The number of alkyl halides is 1. The summed E-state index contributed by atoms with van der Waals surface area (Å²) in [6.45, 7) is 2.19. The lowest BCUT2D eigenvalue weighted by atomic mass is 9.86. The van der Waals surface area contributed by atoms with E-state index < -0.39 is 27.7 Å². The molecule has 0 heterocycles. The standard InChI is InChI=1S/C18H25ClN2O4S/c1-2-20-18(23)21-17(22)15(10-12-6-3-4-7-12)13-8-5-9-14(11-13)16(19)26(24)25/h5,8-9,11-12,15-16H,2-4,6-7,10H2,1H3,(H,24,25)(H2,20,21,22,23)/p-1. The molecule has 3 atom stereocenters. The van der Waals surface area contributed by atoms with Crippen LogP contribution < -0.4 is 10.6 Å². The van der Waals surface area contributed by atoms with Gasteiger partial charge in [0.05, 0.1) is 5.92 Å². The Bertz CT molecular complexity index is 664. The van der Waals surface area contributed by atoms with Gasteiger partial charge in [0.2, 0.25) is 5.91 Å². The maximum Gasteiger partial charge on any atom is 0.321 e. The number of carbonyl (C=O) groups is 2. The Labute approximate surface area is 161 Å². The molecule has 1 aromatic carbocycles. The normalized spacial score (nSPS) is 18.1. The Balaban J connectivity index is 2.24. The van der Waals surface area contributed by atoms with E-state index in [2.05, 4.69) is 10.6 Å². The highest BCUT2D eigenvalue weighted by molar-refractivity contribution is 7.80. The van der Waals surface area contributed by atoms with Gasteiger partial charge in [0, 0.05) is 6.54 Å². The fraction of sp³-hybridized carbons (Fsp3) is 0.556. The van der Waals surface area contributed by atoms with E-state index in [1.165, 1.54) is 0 Å². The van der Waals surface area contributed by atoms with Crippen LogP contribution >= 0.6 is 11.6 Å². The van der Waals surface area contributed by atoms with Crippen molar-refractivity contribution in [1.29, 1.82) is 0 Å². The summed E-state index contributed by atoms with van der Waals surface area (Å²) < 4.78 is 21.1. The van der Waals surface area contributed by atoms with Crippen LogP contribution in [0, 0.1) is 5.92 Å². The minimum Gasteiger partial charge on any atom is -0.771 e. The van der Waals surface area contributed by atoms with Crippen molar-refractivity contribution in [2.75, 3.05) is 6.54 Å². The summed E-state index contributed by atoms with van der Waals surface area (Å²) in [5.74, 6) is -0.483. The van der Waals surface area contributed by atoms with Gasteiger partial charge in [0.15, 0.2) is 0 Å². The van der Waals surface area contributed by atoms with E-state index in [0.29, 0.717) is 30.0 Å². The second-order valence-corrected chi connectivity index (χ2v) is 8.22. The van der Waals surface area contributed by atoms with Crippen LogP contribution in [0.25, 0.3) is 0 Å². The maximum absolute atomic E-state index is 12.7. The smallest absolute Gasteiger partial charge is 0.321 e. The van der Waals surface area contributed by atoms with Gasteiger partial charge in [-0.05, 0) is 41.5 Å². The molecular weight excluding hydrogens is 376 g/mol. The fourth-order valence-corrected chi connectivity index (χ4v) is 3.91. The van der Waals surface area contributed by atoms with Gasteiger partial charge in [-0.15, -0.1) is 11.6 Å². The van der Waals surface area contributed by atoms with E-state index in [9.17, 15) is 18.4 Å². The van der Waals surface area contributed by atoms with Gasteiger partial charge >= 0.3 is 6.03 Å². The SMILES string of the molecule is CCNC(=O)NC(=O)C(CC1CCCC1)c1cccc(C(Cl)S(=O)[O-])c1. The molecule has 6 nitrogen and oxygen atoms in total. The van der Waals surface area contributed by atoms with E-state index >= 15 is 0 Å². The van der Waals surface area contributed by atoms with Crippen molar-refractivity contribution in [2.24, 2.45) is 5.92 Å². The minimum absolute atomic E-state index is 0.380. The lowest BCUT2D eigenvalue weighted by molar-refractivity contribution is -0.121. The molecule has 0 aromatic heterocycles. The van der Waals surface area contributed by atoms with Crippen molar-refractivity contribution in [3.63, 3.8) is 0 Å². The van der Waals surface area contributed by atoms with Crippen LogP contribution in [0.1, 0.15) is 60.8 Å². The molecule has 1 aliphatic carbocycles. The summed E-state index contributed by atoms with van der Waals surface area (Å²) in [4.78, 5) is 24.5. The molecule has 0 bridgehead atoms. The highest BCUT2D eigenvalue weighted by Gasteiger charge is 2.28. The van der Waals surface area contributed by atoms with Crippen LogP contribution in [0.15, 0.2) is 24.3 Å². The number of benzene rings is 1. The monoisotopic (exact) mass is 399 g/mol. The average molecular weight is 400 g/mol. The molecule has 3 amide bonds.